The van der Waals surface area contributed by atoms with E-state index in [1.165, 1.54) is 11.3 Å². The van der Waals surface area contributed by atoms with Gasteiger partial charge in [-0.3, -0.25) is 4.79 Å². The number of hydrogen-bond acceptors (Lipinski definition) is 5. The first kappa shape index (κ1) is 13.8. The van der Waals surface area contributed by atoms with Crippen LogP contribution in [0, 0.1) is 0 Å². The monoisotopic (exact) mass is 341 g/mol. The predicted molar refractivity (Wildman–Crippen MR) is 79.6 cm³/mol. The molecule has 0 saturated heterocycles. The summed E-state index contributed by atoms with van der Waals surface area (Å²) >= 11 is 4.68. The predicted octanol–water partition coefficient (Wildman–Crippen LogP) is 2.68. The number of carbonyl (C=O) groups is 1. The third-order valence-electron chi connectivity index (χ3n) is 2.30. The zero-order chi connectivity index (χ0) is 13.8. The normalized spacial score (nSPS) is 10.2. The molecule has 1 amide bonds. The number of nitrogens with two attached hydrogens (primary N) is 1. The first-order valence-corrected chi connectivity index (χ1v) is 7.08. The van der Waals surface area contributed by atoms with Crippen LogP contribution in [0.1, 0.15) is 5.69 Å². The van der Waals surface area contributed by atoms with Crippen molar-refractivity contribution in [2.45, 2.75) is 6.42 Å². The highest BCUT2D eigenvalue weighted by atomic mass is 79.9. The number of benzene rings is 1. The number of carbonyl (C=O) groups excluding carboxylic acids is 1. The number of halogens is 1. The Morgan fingerprint density at radius 2 is 2.32 bits per heavy atom. The highest BCUT2D eigenvalue weighted by Gasteiger charge is 2.08. The van der Waals surface area contributed by atoms with E-state index in [1.807, 2.05) is 6.07 Å². The molecule has 19 heavy (non-hydrogen) atoms. The van der Waals surface area contributed by atoms with Crippen LogP contribution in [-0.2, 0) is 11.2 Å². The second kappa shape index (κ2) is 6.03. The summed E-state index contributed by atoms with van der Waals surface area (Å²) in [4.78, 5) is 15.9. The maximum absolute atomic E-state index is 11.9. The van der Waals surface area contributed by atoms with E-state index in [2.05, 4.69) is 26.2 Å². The lowest BCUT2D eigenvalue weighted by atomic mass is 10.2. The molecule has 100 valence electrons. The number of nitrogens with one attached hydrogen (secondary N) is 1. The van der Waals surface area contributed by atoms with Crippen molar-refractivity contribution in [1.29, 1.82) is 0 Å². The molecule has 0 aliphatic carbocycles. The van der Waals surface area contributed by atoms with E-state index in [0.29, 0.717) is 22.3 Å². The number of methoxy groups -OCH3 is 1. The van der Waals surface area contributed by atoms with Crippen LogP contribution in [0.15, 0.2) is 28.1 Å². The lowest BCUT2D eigenvalue weighted by Gasteiger charge is -2.07. The van der Waals surface area contributed by atoms with Crippen LogP contribution >= 0.6 is 27.3 Å². The summed E-state index contributed by atoms with van der Waals surface area (Å²) in [5.74, 6) is 0.521. The quantitative estimate of drug-likeness (QED) is 0.896. The molecule has 2 aromatic rings. The SMILES string of the molecule is COc1cc(Br)cc(NC(=O)Cc2csc(N)n2)c1. The molecule has 5 nitrogen and oxygen atoms in total. The van der Waals surface area contributed by atoms with Gasteiger partial charge < -0.3 is 15.8 Å². The van der Waals surface area contributed by atoms with Crippen molar-refractivity contribution in [2.75, 3.05) is 18.2 Å². The van der Waals surface area contributed by atoms with Gasteiger partial charge in [0, 0.05) is 21.6 Å². The Labute approximate surface area is 122 Å². The molecule has 0 unspecified atom stereocenters. The number of ether oxygens (including phenoxy) is 1. The average molecular weight is 342 g/mol. The molecule has 0 spiro atoms. The Morgan fingerprint density at radius 1 is 1.53 bits per heavy atom. The first-order chi connectivity index (χ1) is 9.06. The molecule has 3 N–H and O–H groups in total. The van der Waals surface area contributed by atoms with E-state index in [-0.39, 0.29) is 12.3 Å². The average Bonchev–Trinajstić information content (AvgIpc) is 2.73. The fourth-order valence-electron chi connectivity index (χ4n) is 1.53. The number of hydrogen-bond donors (Lipinski definition) is 2. The minimum Gasteiger partial charge on any atom is -0.497 e. The third kappa shape index (κ3) is 3.93. The summed E-state index contributed by atoms with van der Waals surface area (Å²) in [7, 11) is 1.57. The van der Waals surface area contributed by atoms with Crippen molar-refractivity contribution in [3.63, 3.8) is 0 Å². The molecule has 0 saturated carbocycles. The zero-order valence-corrected chi connectivity index (χ0v) is 12.5. The third-order valence-corrected chi connectivity index (χ3v) is 3.48. The molecule has 0 aliphatic heterocycles. The molecule has 0 aliphatic rings. The van der Waals surface area contributed by atoms with Gasteiger partial charge in [0.05, 0.1) is 19.2 Å². The Kier molecular flexibility index (Phi) is 4.39. The maximum Gasteiger partial charge on any atom is 0.230 e. The Morgan fingerprint density at radius 3 is 2.95 bits per heavy atom. The van der Waals surface area contributed by atoms with Crippen LogP contribution in [0.2, 0.25) is 0 Å². The van der Waals surface area contributed by atoms with Crippen molar-refractivity contribution < 1.29 is 9.53 Å². The molecule has 1 heterocycles. The van der Waals surface area contributed by atoms with Crippen LogP contribution in [-0.4, -0.2) is 18.0 Å². The number of amides is 1. The van der Waals surface area contributed by atoms with Crippen LogP contribution in [0.4, 0.5) is 10.8 Å². The van der Waals surface area contributed by atoms with Crippen molar-refractivity contribution in [3.8, 4) is 5.75 Å². The molecule has 7 heteroatoms. The molecule has 0 radical (unpaired) electrons. The molecule has 0 fully saturated rings. The van der Waals surface area contributed by atoms with Gasteiger partial charge in [0.1, 0.15) is 5.75 Å². The van der Waals surface area contributed by atoms with E-state index in [0.717, 1.165) is 4.47 Å². The second-order valence-corrected chi connectivity index (χ2v) is 5.59. The molecule has 1 aromatic carbocycles. The fourth-order valence-corrected chi connectivity index (χ4v) is 2.56. The van der Waals surface area contributed by atoms with Crippen molar-refractivity contribution in [1.82, 2.24) is 4.98 Å². The molecule has 2 rings (SSSR count). The smallest absolute Gasteiger partial charge is 0.230 e. The van der Waals surface area contributed by atoms with Crippen molar-refractivity contribution in [3.05, 3.63) is 33.7 Å². The standard InChI is InChI=1S/C12H12BrN3O2S/c1-18-10-3-7(13)2-8(4-10)15-11(17)5-9-6-19-12(14)16-9/h2-4,6H,5H2,1H3,(H2,14,16)(H,15,17). The molecule has 0 atom stereocenters. The lowest BCUT2D eigenvalue weighted by Crippen LogP contribution is -2.14. The zero-order valence-electron chi connectivity index (χ0n) is 10.1. The Bertz CT molecular complexity index is 600. The lowest BCUT2D eigenvalue weighted by molar-refractivity contribution is -0.115. The minimum atomic E-state index is -0.148. The van der Waals surface area contributed by atoms with Gasteiger partial charge in [-0.2, -0.15) is 0 Å². The molecular weight excluding hydrogens is 330 g/mol. The van der Waals surface area contributed by atoms with Gasteiger partial charge in [0.2, 0.25) is 5.91 Å². The number of thiazole rings is 1. The van der Waals surface area contributed by atoms with Gasteiger partial charge in [-0.1, -0.05) is 15.9 Å². The Hall–Kier alpha value is -1.60. The van der Waals surface area contributed by atoms with Gasteiger partial charge in [-0.25, -0.2) is 4.98 Å². The molecular formula is C12H12BrN3O2S. The Balaban J connectivity index is 2.04. The van der Waals surface area contributed by atoms with Gasteiger partial charge in [0.15, 0.2) is 5.13 Å². The number of rotatable bonds is 4. The maximum atomic E-state index is 11.9. The summed E-state index contributed by atoms with van der Waals surface area (Å²) in [5, 5.41) is 5.03. The van der Waals surface area contributed by atoms with Gasteiger partial charge in [0.25, 0.3) is 0 Å². The summed E-state index contributed by atoms with van der Waals surface area (Å²) in [5.41, 5.74) is 6.85. The molecule has 0 bridgehead atoms. The highest BCUT2D eigenvalue weighted by Crippen LogP contribution is 2.24. The van der Waals surface area contributed by atoms with E-state index in [1.54, 1.807) is 24.6 Å². The van der Waals surface area contributed by atoms with Gasteiger partial charge in [-0.05, 0) is 12.1 Å². The molecule has 1 aromatic heterocycles. The van der Waals surface area contributed by atoms with Crippen LogP contribution < -0.4 is 15.8 Å². The summed E-state index contributed by atoms with van der Waals surface area (Å²) in [6.07, 6.45) is 0.197. The van der Waals surface area contributed by atoms with Crippen molar-refractivity contribution >= 4 is 44.0 Å². The van der Waals surface area contributed by atoms with Crippen LogP contribution in [0.3, 0.4) is 0 Å². The van der Waals surface area contributed by atoms with E-state index >= 15 is 0 Å². The topological polar surface area (TPSA) is 77.2 Å². The van der Waals surface area contributed by atoms with Crippen LogP contribution in [0.5, 0.6) is 5.75 Å². The van der Waals surface area contributed by atoms with E-state index < -0.39 is 0 Å². The largest absolute Gasteiger partial charge is 0.497 e. The number of nitrogens with zero attached hydrogens (tertiary/aromatic N) is 1. The first-order valence-electron chi connectivity index (χ1n) is 5.41. The number of anilines is 2. The van der Waals surface area contributed by atoms with Crippen molar-refractivity contribution in [2.24, 2.45) is 0 Å². The van der Waals surface area contributed by atoms with E-state index in [9.17, 15) is 4.79 Å². The highest BCUT2D eigenvalue weighted by molar-refractivity contribution is 9.10. The number of aromatic nitrogens is 1. The van der Waals surface area contributed by atoms with E-state index in [4.69, 9.17) is 10.5 Å². The summed E-state index contributed by atoms with van der Waals surface area (Å²) in [6, 6.07) is 5.37. The fraction of sp³-hybridized carbons (Fsp3) is 0.167. The van der Waals surface area contributed by atoms with Gasteiger partial charge in [-0.15, -0.1) is 11.3 Å². The van der Waals surface area contributed by atoms with Gasteiger partial charge >= 0.3 is 0 Å². The minimum absolute atomic E-state index is 0.148. The second-order valence-electron chi connectivity index (χ2n) is 3.78. The van der Waals surface area contributed by atoms with Crippen LogP contribution in [0.25, 0.3) is 0 Å². The summed E-state index contributed by atoms with van der Waals surface area (Å²) < 4.78 is 5.96. The summed E-state index contributed by atoms with van der Waals surface area (Å²) in [6.45, 7) is 0. The number of nitrogen functional groups attached to an aromatic ring is 1.